The molecule has 0 spiro atoms. The van der Waals surface area contributed by atoms with E-state index in [1.54, 1.807) is 55.6 Å². The number of hydrogen-bond donors (Lipinski definition) is 2. The predicted molar refractivity (Wildman–Crippen MR) is 99.2 cm³/mol. The summed E-state index contributed by atoms with van der Waals surface area (Å²) in [5, 5.41) is 12.9. The topological polar surface area (TPSA) is 101 Å². The highest BCUT2D eigenvalue weighted by Crippen LogP contribution is 2.22. The van der Waals surface area contributed by atoms with Crippen molar-refractivity contribution < 1.29 is 23.8 Å². The van der Waals surface area contributed by atoms with Crippen molar-refractivity contribution >= 4 is 18.1 Å². The first-order valence-corrected chi connectivity index (χ1v) is 7.98. The largest absolute Gasteiger partial charge is 0.497 e. The fraction of sp³-hybridized carbons (Fsp3) is 0.0500. The van der Waals surface area contributed by atoms with Crippen molar-refractivity contribution in [2.45, 2.75) is 0 Å². The average Bonchev–Trinajstić information content (AvgIpc) is 3.17. The van der Waals surface area contributed by atoms with Crippen molar-refractivity contribution in [3.63, 3.8) is 0 Å². The molecular formula is C20H16N2O5. The number of carbonyl (C=O) groups is 2. The Morgan fingerprint density at radius 2 is 1.85 bits per heavy atom. The van der Waals surface area contributed by atoms with E-state index in [0.29, 0.717) is 28.4 Å². The number of hydrogen-bond acceptors (Lipinski definition) is 5. The molecule has 0 bridgehead atoms. The summed E-state index contributed by atoms with van der Waals surface area (Å²) < 4.78 is 10.7. The van der Waals surface area contributed by atoms with Gasteiger partial charge in [0.05, 0.1) is 18.9 Å². The van der Waals surface area contributed by atoms with Crippen LogP contribution in [0.2, 0.25) is 0 Å². The minimum atomic E-state index is -1.01. The lowest BCUT2D eigenvalue weighted by atomic mass is 10.1. The summed E-state index contributed by atoms with van der Waals surface area (Å²) in [5.41, 5.74) is 3.66. The zero-order chi connectivity index (χ0) is 19.2. The smallest absolute Gasteiger partial charge is 0.335 e. The summed E-state index contributed by atoms with van der Waals surface area (Å²) in [7, 11) is 1.55. The van der Waals surface area contributed by atoms with E-state index < -0.39 is 5.97 Å². The van der Waals surface area contributed by atoms with Gasteiger partial charge in [0, 0.05) is 11.1 Å². The van der Waals surface area contributed by atoms with E-state index in [9.17, 15) is 9.59 Å². The standard InChI is InChI=1S/C20H16N2O5/c1-26-16-7-5-13(6-8-16)19(23)22-21-12-17-9-10-18(27-17)14-3-2-4-15(11-14)20(24)25/h2-12H,1H3,(H,22,23)(H,24,25)/b21-12+. The van der Waals surface area contributed by atoms with Crippen molar-refractivity contribution in [3.8, 4) is 17.1 Å². The fourth-order valence-corrected chi connectivity index (χ4v) is 2.34. The Morgan fingerprint density at radius 3 is 2.56 bits per heavy atom. The van der Waals surface area contributed by atoms with Crippen molar-refractivity contribution in [2.24, 2.45) is 5.10 Å². The van der Waals surface area contributed by atoms with E-state index in [0.717, 1.165) is 0 Å². The SMILES string of the molecule is COc1ccc(C(=O)N/N=C/c2ccc(-c3cccc(C(=O)O)c3)o2)cc1. The van der Waals surface area contributed by atoms with Gasteiger partial charge in [-0.25, -0.2) is 10.2 Å². The lowest BCUT2D eigenvalue weighted by Gasteiger charge is -2.01. The van der Waals surface area contributed by atoms with E-state index in [2.05, 4.69) is 10.5 Å². The number of nitrogens with one attached hydrogen (secondary N) is 1. The van der Waals surface area contributed by atoms with E-state index in [1.807, 2.05) is 0 Å². The summed E-state index contributed by atoms with van der Waals surface area (Å²) in [5.74, 6) is 0.202. The summed E-state index contributed by atoms with van der Waals surface area (Å²) in [6.07, 6.45) is 1.37. The number of nitrogens with zero attached hydrogens (tertiary/aromatic N) is 1. The number of methoxy groups -OCH3 is 1. The lowest BCUT2D eigenvalue weighted by molar-refractivity contribution is 0.0696. The number of aromatic carboxylic acids is 1. The normalized spacial score (nSPS) is 10.7. The number of benzene rings is 2. The number of amides is 1. The second-order valence-corrected chi connectivity index (χ2v) is 5.52. The number of carboxylic acid groups (broad SMARTS) is 1. The molecule has 0 saturated heterocycles. The Bertz CT molecular complexity index is 990. The van der Waals surface area contributed by atoms with Crippen LogP contribution >= 0.6 is 0 Å². The maximum Gasteiger partial charge on any atom is 0.335 e. The van der Waals surface area contributed by atoms with E-state index in [-0.39, 0.29) is 11.5 Å². The van der Waals surface area contributed by atoms with Gasteiger partial charge in [-0.1, -0.05) is 12.1 Å². The predicted octanol–water partition coefficient (Wildman–Crippen LogP) is 3.42. The number of hydrazone groups is 1. The van der Waals surface area contributed by atoms with Gasteiger partial charge in [0.15, 0.2) is 0 Å². The average molecular weight is 364 g/mol. The molecule has 0 unspecified atom stereocenters. The third kappa shape index (κ3) is 4.40. The first kappa shape index (κ1) is 17.9. The third-order valence-corrected chi connectivity index (χ3v) is 3.73. The van der Waals surface area contributed by atoms with Gasteiger partial charge >= 0.3 is 5.97 Å². The van der Waals surface area contributed by atoms with Gasteiger partial charge in [0.1, 0.15) is 17.3 Å². The molecular weight excluding hydrogens is 348 g/mol. The highest BCUT2D eigenvalue weighted by molar-refractivity contribution is 5.94. The van der Waals surface area contributed by atoms with E-state index in [4.69, 9.17) is 14.3 Å². The molecule has 3 aromatic rings. The molecule has 3 rings (SSSR count). The van der Waals surface area contributed by atoms with Crippen LogP contribution in [-0.2, 0) is 0 Å². The molecule has 0 saturated carbocycles. The molecule has 7 heteroatoms. The molecule has 0 aliphatic heterocycles. The van der Waals surface area contributed by atoms with Crippen LogP contribution in [0.25, 0.3) is 11.3 Å². The minimum absolute atomic E-state index is 0.172. The molecule has 136 valence electrons. The van der Waals surface area contributed by atoms with Crippen molar-refractivity contribution in [3.05, 3.63) is 77.6 Å². The Hall–Kier alpha value is -3.87. The van der Waals surface area contributed by atoms with Gasteiger partial charge in [-0.3, -0.25) is 4.79 Å². The molecule has 1 aromatic heterocycles. The Morgan fingerprint density at radius 1 is 1.07 bits per heavy atom. The van der Waals surface area contributed by atoms with Crippen molar-refractivity contribution in [2.75, 3.05) is 7.11 Å². The molecule has 0 fully saturated rings. The quantitative estimate of drug-likeness (QED) is 0.515. The van der Waals surface area contributed by atoms with Crippen LogP contribution in [-0.4, -0.2) is 30.3 Å². The highest BCUT2D eigenvalue weighted by Gasteiger charge is 2.08. The zero-order valence-electron chi connectivity index (χ0n) is 14.4. The molecule has 2 aromatic carbocycles. The molecule has 1 heterocycles. The van der Waals surface area contributed by atoms with Crippen LogP contribution in [0.4, 0.5) is 0 Å². The maximum atomic E-state index is 12.0. The first-order chi connectivity index (χ1) is 13.1. The maximum absolute atomic E-state index is 12.0. The van der Waals surface area contributed by atoms with Crippen LogP contribution < -0.4 is 10.2 Å². The summed E-state index contributed by atoms with van der Waals surface area (Å²) >= 11 is 0. The lowest BCUT2D eigenvalue weighted by Crippen LogP contribution is -2.17. The number of carbonyl (C=O) groups excluding carboxylic acids is 1. The van der Waals surface area contributed by atoms with Crippen LogP contribution in [0.5, 0.6) is 5.75 Å². The number of carboxylic acids is 1. The van der Waals surface area contributed by atoms with Crippen molar-refractivity contribution in [1.29, 1.82) is 0 Å². The molecule has 0 aliphatic carbocycles. The zero-order valence-corrected chi connectivity index (χ0v) is 14.4. The van der Waals surface area contributed by atoms with Crippen LogP contribution in [0, 0.1) is 0 Å². The van der Waals surface area contributed by atoms with Gasteiger partial charge in [0.25, 0.3) is 5.91 Å². The molecule has 27 heavy (non-hydrogen) atoms. The number of furan rings is 1. The van der Waals surface area contributed by atoms with Gasteiger partial charge in [-0.15, -0.1) is 0 Å². The number of rotatable bonds is 6. The third-order valence-electron chi connectivity index (χ3n) is 3.73. The van der Waals surface area contributed by atoms with Crippen LogP contribution in [0.3, 0.4) is 0 Å². The second-order valence-electron chi connectivity index (χ2n) is 5.52. The van der Waals surface area contributed by atoms with Gasteiger partial charge in [0.2, 0.25) is 0 Å². The molecule has 1 amide bonds. The molecule has 7 nitrogen and oxygen atoms in total. The fourth-order valence-electron chi connectivity index (χ4n) is 2.34. The minimum Gasteiger partial charge on any atom is -0.497 e. The Labute approximate surface area is 154 Å². The number of ether oxygens (including phenoxy) is 1. The van der Waals surface area contributed by atoms with Gasteiger partial charge in [-0.2, -0.15) is 5.10 Å². The van der Waals surface area contributed by atoms with Crippen LogP contribution in [0.15, 0.2) is 70.2 Å². The van der Waals surface area contributed by atoms with E-state index >= 15 is 0 Å². The van der Waals surface area contributed by atoms with E-state index in [1.165, 1.54) is 18.3 Å². The molecule has 0 aliphatic rings. The Balaban J connectivity index is 1.65. The second kappa shape index (κ2) is 8.01. The van der Waals surface area contributed by atoms with Gasteiger partial charge in [-0.05, 0) is 48.5 Å². The molecule has 2 N–H and O–H groups in total. The summed E-state index contributed by atoms with van der Waals surface area (Å²) in [6, 6.07) is 16.4. The highest BCUT2D eigenvalue weighted by atomic mass is 16.5. The van der Waals surface area contributed by atoms with Crippen molar-refractivity contribution in [1.82, 2.24) is 5.43 Å². The molecule has 0 atom stereocenters. The van der Waals surface area contributed by atoms with Gasteiger partial charge < -0.3 is 14.3 Å². The first-order valence-electron chi connectivity index (χ1n) is 7.98. The molecule has 0 radical (unpaired) electrons. The summed E-state index contributed by atoms with van der Waals surface area (Å²) in [4.78, 5) is 23.1. The van der Waals surface area contributed by atoms with Crippen LogP contribution in [0.1, 0.15) is 26.5 Å². The monoisotopic (exact) mass is 364 g/mol. The Kier molecular flexibility index (Phi) is 5.32. The summed E-state index contributed by atoms with van der Waals surface area (Å²) in [6.45, 7) is 0.